The van der Waals surface area contributed by atoms with Crippen molar-refractivity contribution < 1.29 is 4.39 Å². The molecule has 18 heavy (non-hydrogen) atoms. The number of nitrogens with zero attached hydrogens (tertiary/aromatic N) is 2. The van der Waals surface area contributed by atoms with Crippen LogP contribution in [0.1, 0.15) is 5.56 Å². The number of terminal acetylenes is 1. The predicted octanol–water partition coefficient (Wildman–Crippen LogP) is 3.48. The molecular formula is C14H7FN2S. The van der Waals surface area contributed by atoms with Gasteiger partial charge < -0.3 is 0 Å². The fraction of sp³-hybridized carbons (Fsp3) is 0. The third-order valence-electron chi connectivity index (χ3n) is 2.73. The van der Waals surface area contributed by atoms with Gasteiger partial charge in [-0.3, -0.25) is 0 Å². The molecule has 3 aromatic rings. The Morgan fingerprint density at radius 3 is 2.44 bits per heavy atom. The lowest BCUT2D eigenvalue weighted by molar-refractivity contribution is 0.628. The van der Waals surface area contributed by atoms with Gasteiger partial charge in [0.25, 0.3) is 0 Å². The lowest BCUT2D eigenvalue weighted by Gasteiger charge is -2.03. The summed E-state index contributed by atoms with van der Waals surface area (Å²) >= 11 is 1.12. The van der Waals surface area contributed by atoms with Gasteiger partial charge >= 0.3 is 0 Å². The van der Waals surface area contributed by atoms with E-state index in [-0.39, 0.29) is 5.82 Å². The number of halogens is 1. The molecule has 0 aliphatic heterocycles. The Bertz CT molecular complexity index is 754. The molecule has 0 N–H and O–H groups in total. The summed E-state index contributed by atoms with van der Waals surface area (Å²) in [6, 6.07) is 10.0. The van der Waals surface area contributed by atoms with Gasteiger partial charge in [-0.2, -0.15) is 8.75 Å². The Balaban J connectivity index is 2.28. The summed E-state index contributed by atoms with van der Waals surface area (Å²) in [6.07, 6.45) is 5.42. The summed E-state index contributed by atoms with van der Waals surface area (Å²) in [5.74, 6) is 2.33. The van der Waals surface area contributed by atoms with Crippen molar-refractivity contribution in [3.8, 4) is 23.5 Å². The van der Waals surface area contributed by atoms with Crippen molar-refractivity contribution in [3.05, 3.63) is 47.8 Å². The van der Waals surface area contributed by atoms with Crippen LogP contribution in [0, 0.1) is 18.2 Å². The highest BCUT2D eigenvalue weighted by atomic mass is 32.1. The molecule has 0 aliphatic rings. The zero-order valence-electron chi connectivity index (χ0n) is 9.22. The first kappa shape index (κ1) is 10.9. The molecular weight excluding hydrogens is 247 g/mol. The summed E-state index contributed by atoms with van der Waals surface area (Å²) in [5.41, 5.74) is 4.03. The zero-order valence-corrected chi connectivity index (χ0v) is 10.0. The Kier molecular flexibility index (Phi) is 2.54. The first-order valence-corrected chi connectivity index (χ1v) is 6.00. The second-order valence-electron chi connectivity index (χ2n) is 3.77. The van der Waals surface area contributed by atoms with Crippen LogP contribution in [0.5, 0.6) is 0 Å². The van der Waals surface area contributed by atoms with E-state index in [9.17, 15) is 4.39 Å². The minimum atomic E-state index is -0.258. The van der Waals surface area contributed by atoms with Crippen LogP contribution in [-0.4, -0.2) is 8.75 Å². The van der Waals surface area contributed by atoms with Crippen LogP contribution in [0.4, 0.5) is 4.39 Å². The molecule has 0 unspecified atom stereocenters. The smallest absolute Gasteiger partial charge is 0.123 e. The Labute approximate surface area is 107 Å². The summed E-state index contributed by atoms with van der Waals surface area (Å²) < 4.78 is 21.4. The number of benzene rings is 2. The maximum Gasteiger partial charge on any atom is 0.123 e. The van der Waals surface area contributed by atoms with Gasteiger partial charge in [0, 0.05) is 5.56 Å². The largest absolute Gasteiger partial charge is 0.207 e. The van der Waals surface area contributed by atoms with Gasteiger partial charge in [0.1, 0.15) is 16.9 Å². The number of hydrogen-bond donors (Lipinski definition) is 0. The predicted molar refractivity (Wildman–Crippen MR) is 70.7 cm³/mol. The molecule has 0 bridgehead atoms. The molecule has 3 rings (SSSR count). The van der Waals surface area contributed by atoms with Crippen LogP contribution >= 0.6 is 11.7 Å². The summed E-state index contributed by atoms with van der Waals surface area (Å²) in [5, 5.41) is 0. The van der Waals surface area contributed by atoms with Crippen molar-refractivity contribution in [2.75, 3.05) is 0 Å². The summed E-state index contributed by atoms with van der Waals surface area (Å²) in [7, 11) is 0. The molecule has 0 spiro atoms. The molecule has 0 aliphatic carbocycles. The van der Waals surface area contributed by atoms with Gasteiger partial charge in [-0.25, -0.2) is 4.39 Å². The minimum absolute atomic E-state index is 0.258. The number of rotatable bonds is 1. The third-order valence-corrected chi connectivity index (χ3v) is 3.25. The zero-order chi connectivity index (χ0) is 12.5. The fourth-order valence-corrected chi connectivity index (χ4v) is 2.42. The quantitative estimate of drug-likeness (QED) is 0.621. The molecule has 0 saturated heterocycles. The maximum atomic E-state index is 12.9. The molecule has 1 aromatic heterocycles. The highest BCUT2D eigenvalue weighted by Crippen LogP contribution is 2.29. The molecule has 4 heteroatoms. The maximum absolute atomic E-state index is 12.9. The fourth-order valence-electron chi connectivity index (χ4n) is 1.85. The van der Waals surface area contributed by atoms with E-state index in [1.165, 1.54) is 12.1 Å². The SMILES string of the molecule is C#Cc1ccc(-c2ccc(F)cc2)c2nsnc12. The molecule has 0 amide bonds. The Morgan fingerprint density at radius 2 is 1.72 bits per heavy atom. The average Bonchev–Trinajstić information content (AvgIpc) is 2.88. The van der Waals surface area contributed by atoms with Crippen LogP contribution in [-0.2, 0) is 0 Å². The second-order valence-corrected chi connectivity index (χ2v) is 4.30. The molecule has 2 aromatic carbocycles. The molecule has 0 radical (unpaired) electrons. The number of aromatic nitrogens is 2. The molecule has 1 heterocycles. The Hall–Kier alpha value is -2.25. The van der Waals surface area contributed by atoms with Crippen LogP contribution in [0.2, 0.25) is 0 Å². The third kappa shape index (κ3) is 1.66. The lowest BCUT2D eigenvalue weighted by Crippen LogP contribution is -1.85. The van der Waals surface area contributed by atoms with Gasteiger partial charge in [-0.1, -0.05) is 24.1 Å². The first-order chi connectivity index (χ1) is 8.79. The van der Waals surface area contributed by atoms with E-state index in [0.29, 0.717) is 0 Å². The van der Waals surface area contributed by atoms with E-state index in [1.54, 1.807) is 12.1 Å². The van der Waals surface area contributed by atoms with Crippen molar-refractivity contribution in [1.82, 2.24) is 8.75 Å². The molecule has 0 atom stereocenters. The molecule has 86 valence electrons. The monoisotopic (exact) mass is 254 g/mol. The van der Waals surface area contributed by atoms with E-state index in [2.05, 4.69) is 14.7 Å². The molecule has 0 saturated carbocycles. The van der Waals surface area contributed by atoms with Crippen LogP contribution in [0.15, 0.2) is 36.4 Å². The van der Waals surface area contributed by atoms with Gasteiger partial charge in [-0.15, -0.1) is 6.42 Å². The first-order valence-electron chi connectivity index (χ1n) is 5.27. The van der Waals surface area contributed by atoms with E-state index in [0.717, 1.165) is 39.5 Å². The van der Waals surface area contributed by atoms with E-state index < -0.39 is 0 Å². The van der Waals surface area contributed by atoms with Gasteiger partial charge in [0.05, 0.1) is 17.3 Å². The van der Waals surface area contributed by atoms with Gasteiger partial charge in [0.15, 0.2) is 0 Å². The van der Waals surface area contributed by atoms with Crippen molar-refractivity contribution >= 4 is 22.8 Å². The molecule has 2 nitrogen and oxygen atoms in total. The standard InChI is InChI=1S/C14H7FN2S/c1-2-9-5-8-12(14-13(9)16-18-17-14)10-3-6-11(15)7-4-10/h1,3-8H. The summed E-state index contributed by atoms with van der Waals surface area (Å²) in [6.45, 7) is 0. The van der Waals surface area contributed by atoms with E-state index in [4.69, 9.17) is 6.42 Å². The molecule has 0 fully saturated rings. The van der Waals surface area contributed by atoms with Crippen LogP contribution in [0.3, 0.4) is 0 Å². The second kappa shape index (κ2) is 4.21. The minimum Gasteiger partial charge on any atom is -0.207 e. The summed E-state index contributed by atoms with van der Waals surface area (Å²) in [4.78, 5) is 0. The van der Waals surface area contributed by atoms with Crippen molar-refractivity contribution in [2.24, 2.45) is 0 Å². The highest BCUT2D eigenvalue weighted by Gasteiger charge is 2.10. The van der Waals surface area contributed by atoms with E-state index in [1.807, 2.05) is 12.1 Å². The lowest BCUT2D eigenvalue weighted by atomic mass is 10.0. The highest BCUT2D eigenvalue weighted by molar-refractivity contribution is 7.00. The number of hydrogen-bond acceptors (Lipinski definition) is 3. The van der Waals surface area contributed by atoms with Gasteiger partial charge in [0.2, 0.25) is 0 Å². The van der Waals surface area contributed by atoms with Crippen molar-refractivity contribution in [1.29, 1.82) is 0 Å². The average molecular weight is 254 g/mol. The Morgan fingerprint density at radius 1 is 1.00 bits per heavy atom. The van der Waals surface area contributed by atoms with E-state index >= 15 is 0 Å². The van der Waals surface area contributed by atoms with Crippen LogP contribution < -0.4 is 0 Å². The topological polar surface area (TPSA) is 25.8 Å². The number of fused-ring (bicyclic) bond motifs is 1. The van der Waals surface area contributed by atoms with Gasteiger partial charge in [-0.05, 0) is 23.8 Å². The van der Waals surface area contributed by atoms with Crippen molar-refractivity contribution in [3.63, 3.8) is 0 Å². The normalized spacial score (nSPS) is 10.4. The van der Waals surface area contributed by atoms with Crippen molar-refractivity contribution in [2.45, 2.75) is 0 Å². The van der Waals surface area contributed by atoms with Crippen LogP contribution in [0.25, 0.3) is 22.2 Å².